The number of nitrogens with two attached hydrogens (primary N) is 1. The van der Waals surface area contributed by atoms with Crippen molar-refractivity contribution in [3.05, 3.63) is 59.9 Å². The van der Waals surface area contributed by atoms with Crippen molar-refractivity contribution < 1.29 is 0 Å². The van der Waals surface area contributed by atoms with E-state index in [9.17, 15) is 0 Å². The molecule has 1 heterocycles. The van der Waals surface area contributed by atoms with Crippen LogP contribution in [0.25, 0.3) is 0 Å². The van der Waals surface area contributed by atoms with Crippen molar-refractivity contribution in [3.8, 4) is 0 Å². The van der Waals surface area contributed by atoms with Gasteiger partial charge in [0.05, 0.1) is 6.54 Å². The van der Waals surface area contributed by atoms with Crippen LogP contribution in [0.4, 0.5) is 5.69 Å². The number of benzene rings is 1. The fraction of sp³-hybridized carbons (Fsp3) is 0.368. The van der Waals surface area contributed by atoms with Crippen molar-refractivity contribution in [2.24, 2.45) is 10.7 Å². The molecule has 0 bridgehead atoms. The van der Waals surface area contributed by atoms with Gasteiger partial charge in [-0.2, -0.15) is 0 Å². The summed E-state index contributed by atoms with van der Waals surface area (Å²) in [4.78, 5) is 8.67. The van der Waals surface area contributed by atoms with Gasteiger partial charge in [0, 0.05) is 23.5 Å². The number of pyridine rings is 1. The van der Waals surface area contributed by atoms with E-state index in [4.69, 9.17) is 5.73 Å². The number of nitrogens with zero attached hydrogens (tertiary/aromatic N) is 2. The van der Waals surface area contributed by atoms with Gasteiger partial charge >= 0.3 is 0 Å². The van der Waals surface area contributed by atoms with E-state index in [0.29, 0.717) is 18.4 Å². The van der Waals surface area contributed by atoms with Crippen molar-refractivity contribution >= 4 is 28.6 Å². The van der Waals surface area contributed by atoms with E-state index in [-0.39, 0.29) is 22.4 Å². The predicted molar refractivity (Wildman–Crippen MR) is 108 cm³/mol. The molecule has 1 aromatic carbocycles. The molecule has 0 saturated heterocycles. The fourth-order valence-corrected chi connectivity index (χ4v) is 2.30. The normalized spacial score (nSPS) is 12.0. The summed E-state index contributed by atoms with van der Waals surface area (Å²) in [6.45, 7) is 9.22. The average Bonchev–Trinajstić information content (AvgIpc) is 2.54. The summed E-state index contributed by atoms with van der Waals surface area (Å²) in [5, 5.41) is 3.17. The van der Waals surface area contributed by atoms with Crippen LogP contribution in [0.3, 0.4) is 0 Å². The van der Waals surface area contributed by atoms with Gasteiger partial charge in [-0.15, -0.1) is 17.0 Å². The highest BCUT2D eigenvalue weighted by atomic mass is 79.9. The van der Waals surface area contributed by atoms with Gasteiger partial charge in [0.1, 0.15) is 0 Å². The summed E-state index contributed by atoms with van der Waals surface area (Å²) >= 11 is 0. The second-order valence-electron chi connectivity index (χ2n) is 6.73. The maximum atomic E-state index is 6.04. The van der Waals surface area contributed by atoms with Gasteiger partial charge in [-0.05, 0) is 35.2 Å². The smallest absolute Gasteiger partial charge is 0.193 e. The number of hydrogen-bond donors (Lipinski definition) is 2. The lowest BCUT2D eigenvalue weighted by molar-refractivity contribution is 0.538. The Bertz CT molecular complexity index is 666. The van der Waals surface area contributed by atoms with Crippen molar-refractivity contribution in [2.75, 3.05) is 11.9 Å². The highest BCUT2D eigenvalue weighted by molar-refractivity contribution is 8.93. The Morgan fingerprint density at radius 1 is 1.25 bits per heavy atom. The van der Waals surface area contributed by atoms with Gasteiger partial charge in [-0.25, -0.2) is 0 Å². The first-order chi connectivity index (χ1) is 10.9. The fourth-order valence-electron chi connectivity index (χ4n) is 2.30. The first-order valence-corrected chi connectivity index (χ1v) is 7.96. The van der Waals surface area contributed by atoms with Crippen LogP contribution in [0.15, 0.2) is 53.8 Å². The van der Waals surface area contributed by atoms with Crippen LogP contribution >= 0.6 is 17.0 Å². The Morgan fingerprint density at radius 2 is 2.00 bits per heavy atom. The number of guanidine groups is 1. The van der Waals surface area contributed by atoms with E-state index in [2.05, 4.69) is 61.2 Å². The Kier molecular flexibility index (Phi) is 7.42. The third-order valence-electron chi connectivity index (χ3n) is 3.91. The molecular formula is C19H27BrN4. The van der Waals surface area contributed by atoms with Crippen LogP contribution in [-0.4, -0.2) is 17.5 Å². The number of rotatable bonds is 5. The van der Waals surface area contributed by atoms with E-state index >= 15 is 0 Å². The number of hydrogen-bond acceptors (Lipinski definition) is 2. The Balaban J connectivity index is 0.00000288. The largest absolute Gasteiger partial charge is 0.370 e. The van der Waals surface area contributed by atoms with E-state index in [1.54, 1.807) is 6.20 Å². The minimum absolute atomic E-state index is 0. The first kappa shape index (κ1) is 20.2. The molecule has 2 rings (SSSR count). The van der Waals surface area contributed by atoms with Crippen LogP contribution in [0.2, 0.25) is 0 Å². The average molecular weight is 391 g/mol. The highest BCUT2D eigenvalue weighted by Crippen LogP contribution is 2.22. The molecule has 0 aliphatic rings. The molecule has 0 saturated carbocycles. The summed E-state index contributed by atoms with van der Waals surface area (Å²) in [7, 11) is 0. The van der Waals surface area contributed by atoms with Crippen LogP contribution in [0, 0.1) is 0 Å². The van der Waals surface area contributed by atoms with Crippen molar-refractivity contribution in [3.63, 3.8) is 0 Å². The lowest BCUT2D eigenvalue weighted by atomic mass is 9.86. The summed E-state index contributed by atoms with van der Waals surface area (Å²) in [5.74, 6) is 0.919. The molecule has 0 spiro atoms. The number of aliphatic imine (C=N–C) groups is 1. The quantitative estimate of drug-likeness (QED) is 0.583. The Labute approximate surface area is 155 Å². The minimum atomic E-state index is -0.111. The zero-order valence-corrected chi connectivity index (χ0v) is 16.5. The zero-order valence-electron chi connectivity index (χ0n) is 14.8. The van der Waals surface area contributed by atoms with Gasteiger partial charge in [0.15, 0.2) is 5.96 Å². The predicted octanol–water partition coefficient (Wildman–Crippen LogP) is 4.49. The third kappa shape index (κ3) is 5.64. The van der Waals surface area contributed by atoms with E-state index in [1.165, 1.54) is 5.56 Å². The maximum Gasteiger partial charge on any atom is 0.193 e. The highest BCUT2D eigenvalue weighted by Gasteiger charge is 2.20. The second kappa shape index (κ2) is 8.83. The molecule has 0 aliphatic heterocycles. The van der Waals surface area contributed by atoms with E-state index in [1.807, 2.05) is 24.4 Å². The molecule has 3 N–H and O–H groups in total. The van der Waals surface area contributed by atoms with E-state index < -0.39 is 0 Å². The molecule has 0 fully saturated rings. The maximum absolute atomic E-state index is 6.04. The molecule has 0 amide bonds. The lowest BCUT2D eigenvalue weighted by Crippen LogP contribution is -2.27. The number of nitrogens with one attached hydrogen (secondary N) is 1. The Morgan fingerprint density at radius 3 is 2.62 bits per heavy atom. The van der Waals surface area contributed by atoms with Crippen LogP contribution in [-0.2, 0) is 5.41 Å². The number of anilines is 1. The number of aromatic nitrogens is 1. The molecule has 24 heavy (non-hydrogen) atoms. The van der Waals surface area contributed by atoms with Crippen molar-refractivity contribution in [2.45, 2.75) is 39.0 Å². The van der Waals surface area contributed by atoms with Crippen LogP contribution in [0.1, 0.15) is 44.7 Å². The van der Waals surface area contributed by atoms with E-state index in [0.717, 1.165) is 11.3 Å². The minimum Gasteiger partial charge on any atom is -0.370 e. The van der Waals surface area contributed by atoms with Gasteiger partial charge in [-0.1, -0.05) is 45.9 Å². The standard InChI is InChI=1S/C19H26N4.BrH/c1-14(2)15-7-5-9-17(11-15)23-18(20)22-13-19(3,4)16-8-6-10-21-12-16;/h5-12,14H,13H2,1-4H3,(H3,20,22,23);1H. The molecule has 5 heteroatoms. The molecule has 0 atom stereocenters. The molecule has 2 aromatic rings. The summed E-state index contributed by atoms with van der Waals surface area (Å²) in [5.41, 5.74) is 9.33. The molecule has 0 unspecified atom stereocenters. The van der Waals surface area contributed by atoms with Crippen LogP contribution < -0.4 is 11.1 Å². The third-order valence-corrected chi connectivity index (χ3v) is 3.91. The van der Waals surface area contributed by atoms with Gasteiger partial charge in [0.2, 0.25) is 0 Å². The summed E-state index contributed by atoms with van der Waals surface area (Å²) in [6, 6.07) is 12.3. The molecule has 1 aromatic heterocycles. The molecule has 4 nitrogen and oxygen atoms in total. The van der Waals surface area contributed by atoms with Gasteiger partial charge in [-0.3, -0.25) is 9.98 Å². The molecular weight excluding hydrogens is 364 g/mol. The molecule has 0 aliphatic carbocycles. The lowest BCUT2D eigenvalue weighted by Gasteiger charge is -2.22. The summed E-state index contributed by atoms with van der Waals surface area (Å²) < 4.78 is 0. The molecule has 0 radical (unpaired) electrons. The van der Waals surface area contributed by atoms with Crippen molar-refractivity contribution in [1.29, 1.82) is 0 Å². The van der Waals surface area contributed by atoms with Crippen molar-refractivity contribution in [1.82, 2.24) is 4.98 Å². The second-order valence-corrected chi connectivity index (χ2v) is 6.73. The SMILES string of the molecule is Br.CC(C)c1cccc(NC(N)=NCC(C)(C)c2cccnc2)c1. The monoisotopic (exact) mass is 390 g/mol. The number of halogens is 1. The van der Waals surface area contributed by atoms with Crippen LogP contribution in [0.5, 0.6) is 0 Å². The van der Waals surface area contributed by atoms with Gasteiger partial charge in [0.25, 0.3) is 0 Å². The van der Waals surface area contributed by atoms with Gasteiger partial charge < -0.3 is 11.1 Å². The first-order valence-electron chi connectivity index (χ1n) is 7.96. The Hall–Kier alpha value is -1.88. The topological polar surface area (TPSA) is 63.3 Å². The zero-order chi connectivity index (χ0) is 16.9. The molecule has 130 valence electrons. The summed E-state index contributed by atoms with van der Waals surface area (Å²) in [6.07, 6.45) is 3.66.